The minimum Gasteiger partial charge on any atom is -0.507 e. The van der Waals surface area contributed by atoms with Crippen LogP contribution in [0.1, 0.15) is 26.3 Å². The zero-order valence-electron chi connectivity index (χ0n) is 10.5. The van der Waals surface area contributed by atoms with E-state index in [9.17, 15) is 14.7 Å². The number of rotatable bonds is 4. The van der Waals surface area contributed by atoms with Crippen molar-refractivity contribution in [3.8, 4) is 0 Å². The van der Waals surface area contributed by atoms with Crippen LogP contribution in [0.25, 0.3) is 5.76 Å². The van der Waals surface area contributed by atoms with Gasteiger partial charge in [0, 0.05) is 17.2 Å². The first-order valence-corrected chi connectivity index (χ1v) is 5.91. The fourth-order valence-electron chi connectivity index (χ4n) is 1.68. The van der Waals surface area contributed by atoms with Gasteiger partial charge in [0.25, 0.3) is 0 Å². The summed E-state index contributed by atoms with van der Waals surface area (Å²) in [6, 6.07) is 14.2. The molecule has 100 valence electrons. The number of carbonyl (C=O) groups excluding carboxylic acids is 1. The Morgan fingerprint density at radius 2 is 1.30 bits per heavy atom. The number of aliphatic hydroxyl groups excluding tert-OH is 1. The second-order valence-corrected chi connectivity index (χ2v) is 4.14. The molecular formula is C16H12O4. The standard InChI is InChI=1S/C16H12O4/c17-14(11-4-2-1-3-5-11)10-15(18)12-6-8-13(9-7-12)16(19)20/h1-10,17H,(H,19,20)/b14-10-. The highest BCUT2D eigenvalue weighted by molar-refractivity contribution is 6.08. The molecule has 0 saturated carbocycles. The second kappa shape index (κ2) is 5.84. The van der Waals surface area contributed by atoms with Crippen molar-refractivity contribution in [3.05, 3.63) is 77.4 Å². The van der Waals surface area contributed by atoms with Gasteiger partial charge in [0.05, 0.1) is 5.56 Å². The van der Waals surface area contributed by atoms with Gasteiger partial charge in [-0.3, -0.25) is 4.79 Å². The lowest BCUT2D eigenvalue weighted by Crippen LogP contribution is -2.00. The highest BCUT2D eigenvalue weighted by Crippen LogP contribution is 2.13. The van der Waals surface area contributed by atoms with Crippen LogP contribution < -0.4 is 0 Å². The van der Waals surface area contributed by atoms with Gasteiger partial charge >= 0.3 is 5.97 Å². The topological polar surface area (TPSA) is 74.6 Å². The zero-order chi connectivity index (χ0) is 14.5. The van der Waals surface area contributed by atoms with Gasteiger partial charge < -0.3 is 10.2 Å². The second-order valence-electron chi connectivity index (χ2n) is 4.14. The summed E-state index contributed by atoms with van der Waals surface area (Å²) in [4.78, 5) is 22.6. The highest BCUT2D eigenvalue weighted by Gasteiger charge is 2.08. The van der Waals surface area contributed by atoms with Crippen LogP contribution in [0.5, 0.6) is 0 Å². The van der Waals surface area contributed by atoms with Gasteiger partial charge in [-0.05, 0) is 12.1 Å². The number of aliphatic hydroxyl groups is 1. The predicted octanol–water partition coefficient (Wildman–Crippen LogP) is 3.17. The van der Waals surface area contributed by atoms with E-state index in [1.165, 1.54) is 24.3 Å². The Bertz CT molecular complexity index is 655. The Morgan fingerprint density at radius 3 is 1.85 bits per heavy atom. The van der Waals surface area contributed by atoms with Gasteiger partial charge in [0.15, 0.2) is 5.78 Å². The third kappa shape index (κ3) is 3.11. The lowest BCUT2D eigenvalue weighted by atomic mass is 10.1. The molecule has 0 atom stereocenters. The molecular weight excluding hydrogens is 256 g/mol. The average Bonchev–Trinajstić information content (AvgIpc) is 2.48. The first-order chi connectivity index (χ1) is 9.58. The minimum atomic E-state index is -1.05. The van der Waals surface area contributed by atoms with E-state index < -0.39 is 5.97 Å². The number of hydrogen-bond donors (Lipinski definition) is 2. The maximum absolute atomic E-state index is 11.9. The van der Waals surface area contributed by atoms with Crippen LogP contribution >= 0.6 is 0 Å². The molecule has 0 heterocycles. The van der Waals surface area contributed by atoms with Crippen LogP contribution in [0.4, 0.5) is 0 Å². The van der Waals surface area contributed by atoms with Crippen molar-refractivity contribution < 1.29 is 19.8 Å². The Kier molecular flexibility index (Phi) is 3.96. The van der Waals surface area contributed by atoms with Crippen molar-refractivity contribution in [1.82, 2.24) is 0 Å². The molecule has 0 amide bonds. The van der Waals surface area contributed by atoms with E-state index in [4.69, 9.17) is 5.11 Å². The molecule has 0 aromatic heterocycles. The Hall–Kier alpha value is -2.88. The van der Waals surface area contributed by atoms with Crippen molar-refractivity contribution >= 4 is 17.5 Å². The predicted molar refractivity (Wildman–Crippen MR) is 74.8 cm³/mol. The summed E-state index contributed by atoms with van der Waals surface area (Å²) >= 11 is 0. The van der Waals surface area contributed by atoms with Gasteiger partial charge in [0.2, 0.25) is 0 Å². The molecule has 4 heteroatoms. The quantitative estimate of drug-likeness (QED) is 0.507. The summed E-state index contributed by atoms with van der Waals surface area (Å²) < 4.78 is 0. The number of aromatic carboxylic acids is 1. The number of allylic oxidation sites excluding steroid dienone is 1. The molecule has 0 saturated heterocycles. The molecule has 0 spiro atoms. The number of benzene rings is 2. The SMILES string of the molecule is O=C(O)c1ccc(C(=O)/C=C(\O)c2ccccc2)cc1. The number of hydrogen-bond acceptors (Lipinski definition) is 3. The van der Waals surface area contributed by atoms with Crippen LogP contribution in [0.2, 0.25) is 0 Å². The third-order valence-electron chi connectivity index (χ3n) is 2.75. The summed E-state index contributed by atoms with van der Waals surface area (Å²) in [5.41, 5.74) is 0.971. The summed E-state index contributed by atoms with van der Waals surface area (Å²) in [6.45, 7) is 0. The minimum absolute atomic E-state index is 0.109. The highest BCUT2D eigenvalue weighted by atomic mass is 16.4. The van der Waals surface area contributed by atoms with Crippen molar-refractivity contribution in [2.45, 2.75) is 0 Å². The third-order valence-corrected chi connectivity index (χ3v) is 2.75. The smallest absolute Gasteiger partial charge is 0.335 e. The van der Waals surface area contributed by atoms with Crippen LogP contribution in [0.3, 0.4) is 0 Å². The van der Waals surface area contributed by atoms with Crippen molar-refractivity contribution in [3.63, 3.8) is 0 Å². The maximum atomic E-state index is 11.9. The average molecular weight is 268 g/mol. The monoisotopic (exact) mass is 268 g/mol. The number of ketones is 1. The van der Waals surface area contributed by atoms with Crippen LogP contribution in [0, 0.1) is 0 Å². The molecule has 0 unspecified atom stereocenters. The van der Waals surface area contributed by atoms with Crippen LogP contribution in [0.15, 0.2) is 60.7 Å². The van der Waals surface area contributed by atoms with Crippen molar-refractivity contribution in [2.24, 2.45) is 0 Å². The van der Waals surface area contributed by atoms with Crippen molar-refractivity contribution in [2.75, 3.05) is 0 Å². The molecule has 0 radical (unpaired) electrons. The van der Waals surface area contributed by atoms with E-state index in [0.29, 0.717) is 11.1 Å². The fourth-order valence-corrected chi connectivity index (χ4v) is 1.68. The molecule has 0 aliphatic carbocycles. The summed E-state index contributed by atoms with van der Waals surface area (Å²) in [6.07, 6.45) is 1.12. The van der Waals surface area contributed by atoms with Gasteiger partial charge in [-0.15, -0.1) is 0 Å². The first kappa shape index (κ1) is 13.5. The van der Waals surface area contributed by atoms with E-state index in [2.05, 4.69) is 0 Å². The largest absolute Gasteiger partial charge is 0.507 e. The Morgan fingerprint density at radius 1 is 0.750 bits per heavy atom. The molecule has 0 aliphatic heterocycles. The van der Waals surface area contributed by atoms with Crippen LogP contribution in [-0.4, -0.2) is 22.0 Å². The lowest BCUT2D eigenvalue weighted by molar-refractivity contribution is 0.0696. The van der Waals surface area contributed by atoms with E-state index in [-0.39, 0.29) is 17.1 Å². The summed E-state index contributed by atoms with van der Waals surface area (Å²) in [7, 11) is 0. The van der Waals surface area contributed by atoms with Gasteiger partial charge in [-0.25, -0.2) is 4.79 Å². The Labute approximate surface area is 115 Å². The molecule has 0 fully saturated rings. The molecule has 2 aromatic rings. The maximum Gasteiger partial charge on any atom is 0.335 e. The number of carboxylic acid groups (broad SMARTS) is 1. The van der Waals surface area contributed by atoms with E-state index in [1.54, 1.807) is 24.3 Å². The number of carboxylic acids is 1. The van der Waals surface area contributed by atoms with Crippen LogP contribution in [-0.2, 0) is 0 Å². The Balaban J connectivity index is 2.21. The summed E-state index contributed by atoms with van der Waals surface area (Å²) in [5.74, 6) is -1.56. The molecule has 0 bridgehead atoms. The molecule has 2 rings (SSSR count). The number of carbonyl (C=O) groups is 2. The zero-order valence-corrected chi connectivity index (χ0v) is 10.5. The molecule has 2 N–H and O–H groups in total. The molecule has 2 aromatic carbocycles. The van der Waals surface area contributed by atoms with E-state index in [1.807, 2.05) is 6.07 Å². The summed E-state index contributed by atoms with van der Waals surface area (Å²) in [5, 5.41) is 18.6. The van der Waals surface area contributed by atoms with E-state index in [0.717, 1.165) is 6.08 Å². The first-order valence-electron chi connectivity index (χ1n) is 5.91. The lowest BCUT2D eigenvalue weighted by Gasteiger charge is -2.01. The van der Waals surface area contributed by atoms with Crippen molar-refractivity contribution in [1.29, 1.82) is 0 Å². The van der Waals surface area contributed by atoms with Gasteiger partial charge in [0.1, 0.15) is 5.76 Å². The molecule has 4 nitrogen and oxygen atoms in total. The normalized spacial score (nSPS) is 11.1. The molecule has 20 heavy (non-hydrogen) atoms. The van der Waals surface area contributed by atoms with E-state index >= 15 is 0 Å². The van der Waals surface area contributed by atoms with Gasteiger partial charge in [-0.2, -0.15) is 0 Å². The van der Waals surface area contributed by atoms with Gasteiger partial charge in [-0.1, -0.05) is 42.5 Å². The fraction of sp³-hybridized carbons (Fsp3) is 0. The molecule has 0 aliphatic rings.